The van der Waals surface area contributed by atoms with Crippen LogP contribution in [-0.4, -0.2) is 55.5 Å². The maximum Gasteiger partial charge on any atom is 0.239 e. The van der Waals surface area contributed by atoms with Gasteiger partial charge in [-0.1, -0.05) is 13.8 Å². The molecule has 110 valence electrons. The van der Waals surface area contributed by atoms with E-state index in [0.717, 1.165) is 25.9 Å². The number of hydrogen-bond acceptors (Lipinski definition) is 4. The fraction of sp³-hybridized carbons (Fsp3) is 0.846. The summed E-state index contributed by atoms with van der Waals surface area (Å²) < 4.78 is 0. The lowest BCUT2D eigenvalue weighted by Crippen LogP contribution is -2.46. The zero-order valence-corrected chi connectivity index (χ0v) is 11.9. The van der Waals surface area contributed by atoms with E-state index in [2.05, 4.69) is 15.5 Å². The van der Waals surface area contributed by atoms with E-state index in [4.69, 9.17) is 5.73 Å². The van der Waals surface area contributed by atoms with Crippen LogP contribution in [0.2, 0.25) is 0 Å². The lowest BCUT2D eigenvalue weighted by atomic mass is 10.1. The predicted octanol–water partition coefficient (Wildman–Crippen LogP) is -0.702. The molecule has 1 aliphatic heterocycles. The first-order chi connectivity index (χ1) is 8.97. The minimum atomic E-state index is -0.136. The standard InChI is InChI=1S/C13H26N4O2/c1-10(2)7-15-12(18)8-16-13(19)9-17-5-3-11(14)4-6-17/h10-11H,3-9,14H2,1-2H3,(H,15,18)(H,16,19). The summed E-state index contributed by atoms with van der Waals surface area (Å²) in [6.07, 6.45) is 1.87. The molecule has 0 atom stereocenters. The molecule has 6 nitrogen and oxygen atoms in total. The molecule has 6 heteroatoms. The molecular weight excluding hydrogens is 244 g/mol. The van der Waals surface area contributed by atoms with Gasteiger partial charge in [-0.2, -0.15) is 0 Å². The van der Waals surface area contributed by atoms with Crippen LogP contribution in [-0.2, 0) is 9.59 Å². The third kappa shape index (κ3) is 7.12. The molecule has 0 aliphatic carbocycles. The van der Waals surface area contributed by atoms with Crippen LogP contribution in [0.5, 0.6) is 0 Å². The third-order valence-electron chi connectivity index (χ3n) is 3.15. The number of carbonyl (C=O) groups is 2. The van der Waals surface area contributed by atoms with Gasteiger partial charge in [0.1, 0.15) is 0 Å². The second kappa shape index (κ2) is 8.12. The third-order valence-corrected chi connectivity index (χ3v) is 3.15. The number of carbonyl (C=O) groups excluding carboxylic acids is 2. The van der Waals surface area contributed by atoms with Crippen LogP contribution in [0.25, 0.3) is 0 Å². The summed E-state index contributed by atoms with van der Waals surface area (Å²) in [4.78, 5) is 25.2. The molecule has 1 aliphatic rings. The van der Waals surface area contributed by atoms with Crippen molar-refractivity contribution in [3.05, 3.63) is 0 Å². The number of nitrogens with two attached hydrogens (primary N) is 1. The topological polar surface area (TPSA) is 87.5 Å². The van der Waals surface area contributed by atoms with Gasteiger partial charge in [-0.15, -0.1) is 0 Å². The minimum Gasteiger partial charge on any atom is -0.354 e. The lowest BCUT2D eigenvalue weighted by molar-refractivity contribution is -0.127. The van der Waals surface area contributed by atoms with Crippen molar-refractivity contribution in [2.24, 2.45) is 11.7 Å². The number of hydrogen-bond donors (Lipinski definition) is 3. The number of piperidine rings is 1. The Hall–Kier alpha value is -1.14. The first-order valence-electron chi connectivity index (χ1n) is 6.98. The first-order valence-corrected chi connectivity index (χ1v) is 6.98. The Bertz CT molecular complexity index is 299. The molecule has 2 amide bonds. The minimum absolute atomic E-state index is 0.0545. The SMILES string of the molecule is CC(C)CNC(=O)CNC(=O)CN1CCC(N)CC1. The van der Waals surface area contributed by atoms with Gasteiger partial charge in [0.2, 0.25) is 11.8 Å². The number of likely N-dealkylation sites (tertiary alicyclic amines) is 1. The van der Waals surface area contributed by atoms with Gasteiger partial charge in [-0.3, -0.25) is 14.5 Å². The predicted molar refractivity (Wildman–Crippen MR) is 74.5 cm³/mol. The first kappa shape index (κ1) is 15.9. The summed E-state index contributed by atoms with van der Waals surface area (Å²) in [7, 11) is 0. The van der Waals surface area contributed by atoms with Gasteiger partial charge < -0.3 is 16.4 Å². The average molecular weight is 270 g/mol. The van der Waals surface area contributed by atoms with Crippen molar-refractivity contribution >= 4 is 11.8 Å². The van der Waals surface area contributed by atoms with Gasteiger partial charge in [0.05, 0.1) is 13.1 Å². The molecule has 0 aromatic heterocycles. The molecule has 0 aromatic rings. The van der Waals surface area contributed by atoms with E-state index in [1.165, 1.54) is 0 Å². The highest BCUT2D eigenvalue weighted by atomic mass is 16.2. The molecular formula is C13H26N4O2. The number of amides is 2. The van der Waals surface area contributed by atoms with Crippen molar-refractivity contribution in [2.45, 2.75) is 32.7 Å². The summed E-state index contributed by atoms with van der Waals surface area (Å²) in [5, 5.41) is 5.40. The molecule has 0 unspecified atom stereocenters. The zero-order chi connectivity index (χ0) is 14.3. The lowest BCUT2D eigenvalue weighted by Gasteiger charge is -2.29. The summed E-state index contributed by atoms with van der Waals surface area (Å²) in [6, 6.07) is 0.265. The van der Waals surface area contributed by atoms with Crippen LogP contribution < -0.4 is 16.4 Å². The molecule has 0 radical (unpaired) electrons. The molecule has 1 fully saturated rings. The van der Waals surface area contributed by atoms with E-state index in [1.807, 2.05) is 13.8 Å². The number of nitrogens with one attached hydrogen (secondary N) is 2. The average Bonchev–Trinajstić information content (AvgIpc) is 2.36. The summed E-state index contributed by atoms with van der Waals surface area (Å²) in [5.74, 6) is 0.176. The Morgan fingerprint density at radius 2 is 1.84 bits per heavy atom. The van der Waals surface area contributed by atoms with E-state index in [0.29, 0.717) is 19.0 Å². The Labute approximate surface area is 115 Å². The fourth-order valence-electron chi connectivity index (χ4n) is 1.93. The van der Waals surface area contributed by atoms with Gasteiger partial charge in [0.25, 0.3) is 0 Å². The van der Waals surface area contributed by atoms with E-state index < -0.39 is 0 Å². The quantitative estimate of drug-likeness (QED) is 0.595. The molecule has 19 heavy (non-hydrogen) atoms. The molecule has 4 N–H and O–H groups in total. The molecule has 0 spiro atoms. The molecule has 0 bridgehead atoms. The maximum absolute atomic E-state index is 11.7. The van der Waals surface area contributed by atoms with Gasteiger partial charge in [-0.25, -0.2) is 0 Å². The van der Waals surface area contributed by atoms with Gasteiger partial charge in [0, 0.05) is 25.7 Å². The van der Waals surface area contributed by atoms with E-state index in [9.17, 15) is 9.59 Å². The van der Waals surface area contributed by atoms with Crippen LogP contribution in [0.1, 0.15) is 26.7 Å². The Balaban J connectivity index is 2.12. The van der Waals surface area contributed by atoms with Crippen molar-refractivity contribution in [3.63, 3.8) is 0 Å². The Kier molecular flexibility index (Phi) is 6.80. The zero-order valence-electron chi connectivity index (χ0n) is 11.9. The van der Waals surface area contributed by atoms with Crippen LogP contribution in [0.4, 0.5) is 0 Å². The summed E-state index contributed by atoms with van der Waals surface area (Å²) in [6.45, 7) is 6.81. The van der Waals surface area contributed by atoms with Gasteiger partial charge in [0.15, 0.2) is 0 Å². The van der Waals surface area contributed by atoms with E-state index >= 15 is 0 Å². The summed E-state index contributed by atoms with van der Waals surface area (Å²) >= 11 is 0. The van der Waals surface area contributed by atoms with Crippen LogP contribution in [0, 0.1) is 5.92 Å². The molecule has 1 rings (SSSR count). The largest absolute Gasteiger partial charge is 0.354 e. The van der Waals surface area contributed by atoms with E-state index in [-0.39, 0.29) is 24.4 Å². The van der Waals surface area contributed by atoms with Crippen molar-refractivity contribution in [1.29, 1.82) is 0 Å². The molecule has 1 saturated heterocycles. The second-order valence-corrected chi connectivity index (χ2v) is 5.59. The highest BCUT2D eigenvalue weighted by Crippen LogP contribution is 2.06. The van der Waals surface area contributed by atoms with Crippen LogP contribution in [0.3, 0.4) is 0 Å². The normalized spacial score (nSPS) is 17.5. The van der Waals surface area contributed by atoms with Crippen molar-refractivity contribution in [2.75, 3.05) is 32.7 Å². The van der Waals surface area contributed by atoms with E-state index in [1.54, 1.807) is 0 Å². The van der Waals surface area contributed by atoms with Crippen LogP contribution >= 0.6 is 0 Å². The maximum atomic E-state index is 11.7. The monoisotopic (exact) mass is 270 g/mol. The highest BCUT2D eigenvalue weighted by Gasteiger charge is 2.18. The smallest absolute Gasteiger partial charge is 0.239 e. The van der Waals surface area contributed by atoms with Crippen LogP contribution in [0.15, 0.2) is 0 Å². The van der Waals surface area contributed by atoms with Gasteiger partial charge in [-0.05, 0) is 18.8 Å². The molecule has 1 heterocycles. The number of rotatable bonds is 6. The van der Waals surface area contributed by atoms with Crippen molar-refractivity contribution in [3.8, 4) is 0 Å². The second-order valence-electron chi connectivity index (χ2n) is 5.59. The van der Waals surface area contributed by atoms with Gasteiger partial charge >= 0.3 is 0 Å². The Morgan fingerprint density at radius 3 is 2.42 bits per heavy atom. The molecule has 0 saturated carbocycles. The Morgan fingerprint density at radius 1 is 1.21 bits per heavy atom. The van der Waals surface area contributed by atoms with Crippen molar-refractivity contribution in [1.82, 2.24) is 15.5 Å². The number of nitrogens with zero attached hydrogens (tertiary/aromatic N) is 1. The van der Waals surface area contributed by atoms with Crippen molar-refractivity contribution < 1.29 is 9.59 Å². The fourth-order valence-corrected chi connectivity index (χ4v) is 1.93. The summed E-state index contributed by atoms with van der Waals surface area (Å²) in [5.41, 5.74) is 5.80. The molecule has 0 aromatic carbocycles. The highest BCUT2D eigenvalue weighted by molar-refractivity contribution is 5.85.